The third kappa shape index (κ3) is 1.71. The SMILES string of the molecule is N#C[C@@H]1C[C@@H](C(N)=O)Cc2ccccc21. The molecule has 0 spiro atoms. The number of benzene rings is 1. The fourth-order valence-electron chi connectivity index (χ4n) is 2.16. The predicted octanol–water partition coefficient (Wildman–Crippen LogP) is 1.34. The Balaban J connectivity index is 2.39. The van der Waals surface area contributed by atoms with Crippen molar-refractivity contribution in [3.05, 3.63) is 35.4 Å². The zero-order chi connectivity index (χ0) is 10.8. The first kappa shape index (κ1) is 9.72. The molecule has 0 radical (unpaired) electrons. The van der Waals surface area contributed by atoms with Crippen LogP contribution in [0.3, 0.4) is 0 Å². The highest BCUT2D eigenvalue weighted by Gasteiger charge is 2.29. The lowest BCUT2D eigenvalue weighted by Gasteiger charge is -2.25. The number of amides is 1. The molecule has 76 valence electrons. The molecule has 0 fully saturated rings. The van der Waals surface area contributed by atoms with E-state index in [1.807, 2.05) is 24.3 Å². The molecule has 0 saturated heterocycles. The van der Waals surface area contributed by atoms with E-state index in [-0.39, 0.29) is 17.7 Å². The van der Waals surface area contributed by atoms with Crippen LogP contribution in [0, 0.1) is 17.2 Å². The average molecular weight is 200 g/mol. The standard InChI is InChI=1S/C12H12N2O/c13-7-10-6-9(12(14)15)5-8-3-1-2-4-11(8)10/h1-4,9-10H,5-6H2,(H2,14,15)/t9-,10-/m0/s1. The third-order valence-electron chi connectivity index (χ3n) is 2.98. The van der Waals surface area contributed by atoms with Gasteiger partial charge in [-0.15, -0.1) is 0 Å². The molecule has 2 N–H and O–H groups in total. The highest BCUT2D eigenvalue weighted by Crippen LogP contribution is 2.34. The third-order valence-corrected chi connectivity index (χ3v) is 2.98. The number of hydrogen-bond donors (Lipinski definition) is 1. The largest absolute Gasteiger partial charge is 0.369 e. The molecule has 0 unspecified atom stereocenters. The number of nitrogens with zero attached hydrogens (tertiary/aromatic N) is 1. The van der Waals surface area contributed by atoms with Gasteiger partial charge in [-0.05, 0) is 24.0 Å². The van der Waals surface area contributed by atoms with Crippen molar-refractivity contribution < 1.29 is 4.79 Å². The van der Waals surface area contributed by atoms with Gasteiger partial charge in [0.15, 0.2) is 0 Å². The molecule has 0 heterocycles. The summed E-state index contributed by atoms with van der Waals surface area (Å²) in [5.41, 5.74) is 7.43. The lowest BCUT2D eigenvalue weighted by molar-refractivity contribution is -0.122. The normalized spacial score (nSPS) is 23.9. The van der Waals surface area contributed by atoms with Gasteiger partial charge in [0.25, 0.3) is 0 Å². The Morgan fingerprint density at radius 3 is 2.87 bits per heavy atom. The summed E-state index contributed by atoms with van der Waals surface area (Å²) in [5, 5.41) is 9.04. The van der Waals surface area contributed by atoms with Gasteiger partial charge in [0, 0.05) is 5.92 Å². The first-order chi connectivity index (χ1) is 7.22. The molecule has 2 atom stereocenters. The van der Waals surface area contributed by atoms with Crippen LogP contribution in [0.2, 0.25) is 0 Å². The van der Waals surface area contributed by atoms with Crippen LogP contribution in [0.1, 0.15) is 23.5 Å². The summed E-state index contributed by atoms with van der Waals surface area (Å²) >= 11 is 0. The molecule has 0 saturated carbocycles. The summed E-state index contributed by atoms with van der Waals surface area (Å²) < 4.78 is 0. The molecule has 1 aromatic rings. The van der Waals surface area contributed by atoms with Gasteiger partial charge in [-0.25, -0.2) is 0 Å². The maximum atomic E-state index is 11.1. The van der Waals surface area contributed by atoms with E-state index in [2.05, 4.69) is 6.07 Å². The van der Waals surface area contributed by atoms with Gasteiger partial charge in [0.2, 0.25) is 5.91 Å². The maximum absolute atomic E-state index is 11.1. The van der Waals surface area contributed by atoms with Crippen molar-refractivity contribution in [2.45, 2.75) is 18.8 Å². The summed E-state index contributed by atoms with van der Waals surface area (Å²) in [4.78, 5) is 11.1. The molecule has 1 aliphatic rings. The topological polar surface area (TPSA) is 66.9 Å². The minimum absolute atomic E-state index is 0.188. The van der Waals surface area contributed by atoms with Crippen LogP contribution in [0.5, 0.6) is 0 Å². The van der Waals surface area contributed by atoms with E-state index < -0.39 is 0 Å². The van der Waals surface area contributed by atoms with Crippen molar-refractivity contribution in [1.29, 1.82) is 5.26 Å². The van der Waals surface area contributed by atoms with Gasteiger partial charge in [0.1, 0.15) is 0 Å². The Morgan fingerprint density at radius 2 is 2.20 bits per heavy atom. The van der Waals surface area contributed by atoms with Crippen molar-refractivity contribution >= 4 is 5.91 Å². The van der Waals surface area contributed by atoms with Gasteiger partial charge in [-0.1, -0.05) is 24.3 Å². The molecule has 3 heteroatoms. The molecule has 1 amide bonds. The average Bonchev–Trinajstić information content (AvgIpc) is 2.27. The fourth-order valence-corrected chi connectivity index (χ4v) is 2.16. The minimum atomic E-state index is -0.301. The van der Waals surface area contributed by atoms with Crippen LogP contribution in [0.15, 0.2) is 24.3 Å². The van der Waals surface area contributed by atoms with Crippen molar-refractivity contribution in [2.75, 3.05) is 0 Å². The van der Waals surface area contributed by atoms with E-state index in [1.165, 1.54) is 0 Å². The Kier molecular flexibility index (Phi) is 2.42. The predicted molar refractivity (Wildman–Crippen MR) is 55.8 cm³/mol. The molecule has 15 heavy (non-hydrogen) atoms. The quantitative estimate of drug-likeness (QED) is 0.743. The second-order valence-corrected chi connectivity index (χ2v) is 3.92. The highest BCUT2D eigenvalue weighted by atomic mass is 16.1. The lowest BCUT2D eigenvalue weighted by atomic mass is 9.77. The summed E-state index contributed by atoms with van der Waals surface area (Å²) in [6, 6.07) is 10.0. The van der Waals surface area contributed by atoms with Gasteiger partial charge in [-0.3, -0.25) is 4.79 Å². The number of carbonyl (C=O) groups is 1. The van der Waals surface area contributed by atoms with Gasteiger partial charge in [-0.2, -0.15) is 5.26 Å². The van der Waals surface area contributed by atoms with E-state index in [9.17, 15) is 4.79 Å². The Morgan fingerprint density at radius 1 is 1.47 bits per heavy atom. The summed E-state index contributed by atoms with van der Waals surface area (Å²) in [5.74, 6) is -0.679. The van der Waals surface area contributed by atoms with Crippen molar-refractivity contribution in [3.63, 3.8) is 0 Å². The number of rotatable bonds is 1. The minimum Gasteiger partial charge on any atom is -0.369 e. The number of primary amides is 1. The van der Waals surface area contributed by atoms with Gasteiger partial charge < -0.3 is 5.73 Å². The summed E-state index contributed by atoms with van der Waals surface area (Å²) in [6.45, 7) is 0. The second-order valence-electron chi connectivity index (χ2n) is 3.92. The van der Waals surface area contributed by atoms with Crippen LogP contribution in [-0.4, -0.2) is 5.91 Å². The molecule has 1 aromatic carbocycles. The van der Waals surface area contributed by atoms with Crippen LogP contribution in [-0.2, 0) is 11.2 Å². The molecule has 1 aliphatic carbocycles. The van der Waals surface area contributed by atoms with Crippen LogP contribution < -0.4 is 5.73 Å². The summed E-state index contributed by atoms with van der Waals surface area (Å²) in [7, 11) is 0. The number of fused-ring (bicyclic) bond motifs is 1. The smallest absolute Gasteiger partial charge is 0.220 e. The number of nitriles is 1. The molecular weight excluding hydrogens is 188 g/mol. The second kappa shape index (κ2) is 3.74. The van der Waals surface area contributed by atoms with Crippen molar-refractivity contribution in [3.8, 4) is 6.07 Å². The van der Waals surface area contributed by atoms with Crippen LogP contribution in [0.25, 0.3) is 0 Å². The fraction of sp³-hybridized carbons (Fsp3) is 0.333. The van der Waals surface area contributed by atoms with E-state index in [0.29, 0.717) is 12.8 Å². The van der Waals surface area contributed by atoms with Gasteiger partial charge in [0.05, 0.1) is 12.0 Å². The number of nitrogens with two attached hydrogens (primary N) is 1. The summed E-state index contributed by atoms with van der Waals surface area (Å²) in [6.07, 6.45) is 1.23. The van der Waals surface area contributed by atoms with Crippen LogP contribution in [0.4, 0.5) is 0 Å². The zero-order valence-corrected chi connectivity index (χ0v) is 8.31. The molecule has 0 aromatic heterocycles. The van der Waals surface area contributed by atoms with Crippen molar-refractivity contribution in [1.82, 2.24) is 0 Å². The van der Waals surface area contributed by atoms with Crippen molar-refractivity contribution in [2.24, 2.45) is 11.7 Å². The van der Waals surface area contributed by atoms with Crippen LogP contribution >= 0.6 is 0 Å². The highest BCUT2D eigenvalue weighted by molar-refractivity contribution is 5.77. The first-order valence-corrected chi connectivity index (χ1v) is 4.99. The molecular formula is C12H12N2O. The maximum Gasteiger partial charge on any atom is 0.220 e. The Bertz CT molecular complexity index is 433. The van der Waals surface area contributed by atoms with E-state index >= 15 is 0 Å². The van der Waals surface area contributed by atoms with E-state index in [0.717, 1.165) is 11.1 Å². The van der Waals surface area contributed by atoms with E-state index in [1.54, 1.807) is 0 Å². The molecule has 3 nitrogen and oxygen atoms in total. The lowest BCUT2D eigenvalue weighted by Crippen LogP contribution is -2.30. The van der Waals surface area contributed by atoms with E-state index in [4.69, 9.17) is 11.0 Å². The number of hydrogen-bond acceptors (Lipinski definition) is 2. The number of carbonyl (C=O) groups excluding carboxylic acids is 1. The molecule has 0 aliphatic heterocycles. The first-order valence-electron chi connectivity index (χ1n) is 4.99. The van der Waals surface area contributed by atoms with Gasteiger partial charge >= 0.3 is 0 Å². The monoisotopic (exact) mass is 200 g/mol. The Hall–Kier alpha value is -1.82. The molecule has 2 rings (SSSR count). The Labute approximate surface area is 88.5 Å². The molecule has 0 bridgehead atoms. The zero-order valence-electron chi connectivity index (χ0n) is 8.31.